The molecule has 0 N–H and O–H groups in total. The van der Waals surface area contributed by atoms with Gasteiger partial charge in [0.2, 0.25) is 4.05 Å². The largest absolute Gasteiger partial charge is 1.00 e. The van der Waals surface area contributed by atoms with Gasteiger partial charge in [0.15, 0.2) is 0 Å². The Balaban J connectivity index is 0.00000576. The molecule has 0 radical (unpaired) electrons. The van der Waals surface area contributed by atoms with E-state index in [2.05, 4.69) is 48.4 Å². The van der Waals surface area contributed by atoms with Gasteiger partial charge in [-0.15, -0.1) is 6.42 Å². The molecule has 1 nitrogen and oxygen atoms in total. The van der Waals surface area contributed by atoms with Gasteiger partial charge >= 0.3 is 0 Å². The van der Waals surface area contributed by atoms with Crippen LogP contribution >= 0.6 is 45.8 Å². The molecule has 25 heavy (non-hydrogen) atoms. The summed E-state index contributed by atoms with van der Waals surface area (Å²) >= 11 is 15.0. The smallest absolute Gasteiger partial charge is 0.200 e. The van der Waals surface area contributed by atoms with Crippen LogP contribution in [0.4, 0.5) is 0 Å². The number of hydrogen-bond acceptors (Lipinski definition) is 0. The summed E-state index contributed by atoms with van der Waals surface area (Å²) in [5.74, 6) is 3.00. The molecule has 0 amide bonds. The summed E-state index contributed by atoms with van der Waals surface area (Å²) in [6.45, 7) is 7.57. The van der Waals surface area contributed by atoms with Crippen LogP contribution in [0.1, 0.15) is 57.9 Å². The van der Waals surface area contributed by atoms with Crippen LogP contribution in [-0.2, 0) is 6.54 Å². The molecular weight excluding hydrogens is 487 g/mol. The quantitative estimate of drug-likeness (QED) is 0.104. The second-order valence-corrected chi connectivity index (χ2v) is 8.50. The number of alkyl halides is 1. The Morgan fingerprint density at radius 1 is 1.08 bits per heavy atom. The fourth-order valence-electron chi connectivity index (χ4n) is 3.08. The number of rotatable bonds is 11. The Morgan fingerprint density at radius 2 is 1.64 bits per heavy atom. The lowest BCUT2D eigenvalue weighted by Crippen LogP contribution is -3.00. The highest BCUT2D eigenvalue weighted by atomic mass is 127. The highest BCUT2D eigenvalue weighted by molar-refractivity contribution is 14.1. The number of hydrogen-bond donors (Lipinski definition) is 0. The normalized spacial score (nSPS) is 12.3. The molecule has 1 unspecified atom stereocenters. The van der Waals surface area contributed by atoms with Crippen LogP contribution in [0.5, 0.6) is 0 Å². The maximum absolute atomic E-state index is 6.46. The topological polar surface area (TPSA) is 0 Å². The summed E-state index contributed by atoms with van der Waals surface area (Å²) < 4.78 is 1.07. The van der Waals surface area contributed by atoms with Gasteiger partial charge in [-0.25, -0.2) is 0 Å². The molecule has 0 aliphatic carbocycles. The van der Waals surface area contributed by atoms with Crippen molar-refractivity contribution in [3.05, 3.63) is 33.8 Å². The molecule has 0 saturated carbocycles. The van der Waals surface area contributed by atoms with Gasteiger partial charge in [0.25, 0.3) is 0 Å². The molecule has 0 fully saturated rings. The summed E-state index contributed by atoms with van der Waals surface area (Å²) in [5.41, 5.74) is 1.14. The van der Waals surface area contributed by atoms with Crippen LogP contribution in [0.2, 0.25) is 10.0 Å². The molecule has 0 heterocycles. The Morgan fingerprint density at radius 3 is 2.08 bits per heavy atom. The van der Waals surface area contributed by atoms with Crippen molar-refractivity contribution in [3.8, 4) is 12.3 Å². The Hall–Kier alpha value is 0.340. The van der Waals surface area contributed by atoms with E-state index in [1.165, 1.54) is 38.5 Å². The predicted molar refractivity (Wildman–Crippen MR) is 116 cm³/mol. The van der Waals surface area contributed by atoms with Crippen LogP contribution in [0, 0.1) is 12.3 Å². The SMILES string of the molecule is C#CC(I)[N+](CCCCC)(CCCCC)Cc1ccc(Cl)cc1Cl.[Cl-]. The fraction of sp³-hybridized carbons (Fsp3) is 0.600. The lowest BCUT2D eigenvalue weighted by atomic mass is 10.1. The van der Waals surface area contributed by atoms with Crippen LogP contribution in [-0.4, -0.2) is 21.6 Å². The maximum Gasteiger partial charge on any atom is 0.200 e. The van der Waals surface area contributed by atoms with E-state index in [1.807, 2.05) is 12.1 Å². The van der Waals surface area contributed by atoms with Gasteiger partial charge < -0.3 is 12.4 Å². The van der Waals surface area contributed by atoms with Gasteiger partial charge in [0, 0.05) is 33.2 Å². The highest BCUT2D eigenvalue weighted by Crippen LogP contribution is 2.30. The highest BCUT2D eigenvalue weighted by Gasteiger charge is 2.34. The summed E-state index contributed by atoms with van der Waals surface area (Å²) in [5, 5.41) is 1.43. The van der Waals surface area contributed by atoms with Crippen molar-refractivity contribution in [3.63, 3.8) is 0 Å². The maximum atomic E-state index is 6.46. The van der Waals surface area contributed by atoms with Crippen molar-refractivity contribution >= 4 is 45.8 Å². The van der Waals surface area contributed by atoms with Gasteiger partial charge in [-0.2, -0.15) is 0 Å². The van der Waals surface area contributed by atoms with Gasteiger partial charge in [-0.3, -0.25) is 4.48 Å². The molecule has 0 aliphatic heterocycles. The van der Waals surface area contributed by atoms with Crippen molar-refractivity contribution in [1.82, 2.24) is 0 Å². The van der Waals surface area contributed by atoms with Crippen LogP contribution < -0.4 is 12.4 Å². The van der Waals surface area contributed by atoms with E-state index in [9.17, 15) is 0 Å². The van der Waals surface area contributed by atoms with Gasteiger partial charge in [0.05, 0.1) is 18.1 Å². The molecule has 1 aromatic rings. The fourth-order valence-corrected chi connectivity index (χ4v) is 4.30. The van der Waals surface area contributed by atoms with Crippen molar-refractivity contribution in [1.29, 1.82) is 0 Å². The molecule has 1 atom stereocenters. The third kappa shape index (κ3) is 8.26. The first-order valence-corrected chi connectivity index (χ1v) is 10.9. The molecule has 0 spiro atoms. The van der Waals surface area contributed by atoms with Gasteiger partial charge in [-0.1, -0.05) is 56.0 Å². The standard InChI is InChI=1S/C20H29Cl2IN.ClH/c1-4-7-9-13-24(20(23)6-3,14-10-8-5-2)16-17-11-12-18(21)15-19(17)22;/h3,11-12,15,20H,4-5,7-10,13-14,16H2,1-2H3;1H/q+1;/p-1. The first kappa shape index (κ1) is 25.3. The van der Waals surface area contributed by atoms with E-state index in [-0.39, 0.29) is 16.5 Å². The molecular formula is C20H29Cl3IN. The first-order valence-electron chi connectivity index (χ1n) is 8.89. The molecule has 1 rings (SSSR count). The van der Waals surface area contributed by atoms with Crippen LogP contribution in [0.25, 0.3) is 0 Å². The average Bonchev–Trinajstić information content (AvgIpc) is 2.56. The Bertz CT molecular complexity index is 532. The molecule has 0 aliphatic rings. The Labute approximate surface area is 184 Å². The number of halogens is 4. The van der Waals surface area contributed by atoms with Gasteiger partial charge in [0.1, 0.15) is 6.54 Å². The number of terminal acetylenes is 1. The van der Waals surface area contributed by atoms with Crippen LogP contribution in [0.15, 0.2) is 18.2 Å². The number of nitrogens with zero attached hydrogens (tertiary/aromatic N) is 1. The third-order valence-corrected chi connectivity index (χ3v) is 6.66. The molecule has 142 valence electrons. The van der Waals surface area contributed by atoms with Crippen LogP contribution in [0.3, 0.4) is 0 Å². The van der Waals surface area contributed by atoms with Crippen molar-refractivity contribution in [2.75, 3.05) is 13.1 Å². The third-order valence-electron chi connectivity index (χ3n) is 4.53. The summed E-state index contributed by atoms with van der Waals surface area (Å²) in [4.78, 5) is 0. The zero-order valence-electron chi connectivity index (χ0n) is 15.2. The van der Waals surface area contributed by atoms with Crippen molar-refractivity contribution < 1.29 is 16.9 Å². The lowest BCUT2D eigenvalue weighted by Gasteiger charge is -2.41. The zero-order chi connectivity index (χ0) is 18.0. The van der Waals surface area contributed by atoms with E-state index in [1.54, 1.807) is 0 Å². The monoisotopic (exact) mass is 515 g/mol. The minimum absolute atomic E-state index is 0. The second kappa shape index (κ2) is 13.5. The molecule has 0 saturated heterocycles. The first-order chi connectivity index (χ1) is 11.5. The van der Waals surface area contributed by atoms with E-state index in [0.29, 0.717) is 5.02 Å². The minimum atomic E-state index is 0. The van der Waals surface area contributed by atoms with Crippen molar-refractivity contribution in [2.45, 2.75) is 63.0 Å². The second-order valence-electron chi connectivity index (χ2n) is 6.48. The average molecular weight is 517 g/mol. The lowest BCUT2D eigenvalue weighted by molar-refractivity contribution is -0.940. The van der Waals surface area contributed by atoms with Crippen molar-refractivity contribution in [2.24, 2.45) is 0 Å². The summed E-state index contributed by atoms with van der Waals surface area (Å²) in [6.07, 6.45) is 13.2. The van der Waals surface area contributed by atoms with E-state index in [4.69, 9.17) is 29.6 Å². The predicted octanol–water partition coefficient (Wildman–Crippen LogP) is 4.09. The molecule has 1 aromatic carbocycles. The van der Waals surface area contributed by atoms with E-state index < -0.39 is 0 Å². The minimum Gasteiger partial charge on any atom is -1.00 e. The summed E-state index contributed by atoms with van der Waals surface area (Å²) in [7, 11) is 0. The van der Waals surface area contributed by atoms with Gasteiger partial charge in [-0.05, 0) is 43.7 Å². The Kier molecular flexibility index (Phi) is 13.7. The van der Waals surface area contributed by atoms with E-state index in [0.717, 1.165) is 34.7 Å². The number of unbranched alkanes of at least 4 members (excludes halogenated alkanes) is 4. The van der Waals surface area contributed by atoms with E-state index >= 15 is 0 Å². The molecule has 0 bridgehead atoms. The number of benzene rings is 1. The summed E-state index contributed by atoms with van der Waals surface area (Å²) in [6, 6.07) is 5.81. The molecule has 0 aromatic heterocycles. The number of quaternary nitrogens is 1. The zero-order valence-corrected chi connectivity index (χ0v) is 19.6. The molecule has 5 heteroatoms.